The van der Waals surface area contributed by atoms with Crippen LogP contribution < -0.4 is 0 Å². The molecule has 0 N–H and O–H groups in total. The van der Waals surface area contributed by atoms with Gasteiger partial charge in [-0.2, -0.15) is 0 Å². The Morgan fingerprint density at radius 3 is 2.93 bits per heavy atom. The fourth-order valence-electron chi connectivity index (χ4n) is 1.48. The van der Waals surface area contributed by atoms with Gasteiger partial charge in [0, 0.05) is 24.3 Å². The van der Waals surface area contributed by atoms with Gasteiger partial charge in [-0.1, -0.05) is 11.6 Å². The second kappa shape index (κ2) is 4.32. The number of ketones is 1. The minimum Gasteiger partial charge on any atom is -0.300 e. The number of carbonyl (C=O) groups excluding carboxylic acids is 1. The van der Waals surface area contributed by atoms with Crippen LogP contribution in [0.4, 0.5) is 0 Å². The third-order valence-corrected chi connectivity index (χ3v) is 3.63. The van der Waals surface area contributed by atoms with Crippen LogP contribution in [0.5, 0.6) is 0 Å². The summed E-state index contributed by atoms with van der Waals surface area (Å²) in [7, 11) is 0. The van der Waals surface area contributed by atoms with E-state index in [2.05, 4.69) is 4.98 Å². The summed E-state index contributed by atoms with van der Waals surface area (Å²) < 4.78 is 0. The highest BCUT2D eigenvalue weighted by molar-refractivity contribution is 7.99. The molecule has 0 aliphatic heterocycles. The largest absolute Gasteiger partial charge is 0.300 e. The quantitative estimate of drug-likeness (QED) is 0.778. The number of Topliss-reactive ketones (excluding diaryl/α,β-unsaturated/α-hetero) is 1. The Hall–Kier alpha value is -0.540. The SMILES string of the molecule is O=C1CCC(Sc2ccc(Cl)cn2)C1. The average molecular weight is 228 g/mol. The Bertz CT molecular complexity index is 338. The molecule has 1 aromatic rings. The summed E-state index contributed by atoms with van der Waals surface area (Å²) in [5.41, 5.74) is 0. The summed E-state index contributed by atoms with van der Waals surface area (Å²) in [6.07, 6.45) is 4.04. The van der Waals surface area contributed by atoms with Crippen LogP contribution in [0, 0.1) is 0 Å². The monoisotopic (exact) mass is 227 g/mol. The zero-order chi connectivity index (χ0) is 9.97. The van der Waals surface area contributed by atoms with E-state index in [-0.39, 0.29) is 0 Å². The lowest BCUT2D eigenvalue weighted by atomic mass is 10.4. The zero-order valence-electron chi connectivity index (χ0n) is 7.57. The van der Waals surface area contributed by atoms with Crippen LogP contribution in [0.3, 0.4) is 0 Å². The molecule has 1 aliphatic rings. The molecule has 0 radical (unpaired) electrons. The number of hydrogen-bond acceptors (Lipinski definition) is 3. The molecule has 1 aromatic heterocycles. The molecule has 0 spiro atoms. The van der Waals surface area contributed by atoms with E-state index in [1.165, 1.54) is 0 Å². The maximum absolute atomic E-state index is 11.0. The van der Waals surface area contributed by atoms with E-state index in [0.717, 1.165) is 17.9 Å². The minimum atomic E-state index is 0.372. The Labute approximate surface area is 92.1 Å². The summed E-state index contributed by atoms with van der Waals surface area (Å²) in [6, 6.07) is 3.73. The average Bonchev–Trinajstić information content (AvgIpc) is 2.56. The number of halogens is 1. The predicted molar refractivity (Wildman–Crippen MR) is 57.8 cm³/mol. The fourth-order valence-corrected chi connectivity index (χ4v) is 2.70. The summed E-state index contributed by atoms with van der Waals surface area (Å²) in [5.74, 6) is 0.372. The molecule has 0 bridgehead atoms. The maximum atomic E-state index is 11.0. The van der Waals surface area contributed by atoms with E-state index in [1.54, 1.807) is 18.0 Å². The van der Waals surface area contributed by atoms with Gasteiger partial charge in [-0.3, -0.25) is 4.79 Å². The van der Waals surface area contributed by atoms with Crippen LogP contribution in [0.2, 0.25) is 5.02 Å². The van der Waals surface area contributed by atoms with Crippen LogP contribution in [0.1, 0.15) is 19.3 Å². The van der Waals surface area contributed by atoms with Crippen molar-refractivity contribution >= 4 is 29.1 Å². The molecule has 74 valence electrons. The first-order valence-corrected chi connectivity index (χ1v) is 5.80. The molecular formula is C10H10ClNOS. The lowest BCUT2D eigenvalue weighted by Crippen LogP contribution is -1.96. The van der Waals surface area contributed by atoms with Gasteiger partial charge < -0.3 is 0 Å². The van der Waals surface area contributed by atoms with Crippen molar-refractivity contribution in [2.75, 3.05) is 0 Å². The molecule has 1 unspecified atom stereocenters. The molecular weight excluding hydrogens is 218 g/mol. The highest BCUT2D eigenvalue weighted by atomic mass is 35.5. The predicted octanol–water partition coefficient (Wildman–Crippen LogP) is 2.95. The van der Waals surface area contributed by atoms with Crippen molar-refractivity contribution in [3.05, 3.63) is 23.4 Å². The number of nitrogens with zero attached hydrogens (tertiary/aromatic N) is 1. The lowest BCUT2D eigenvalue weighted by molar-refractivity contribution is -0.117. The number of aromatic nitrogens is 1. The molecule has 0 amide bonds. The van der Waals surface area contributed by atoms with Crippen LogP contribution in [0.15, 0.2) is 23.4 Å². The number of thioether (sulfide) groups is 1. The smallest absolute Gasteiger partial charge is 0.134 e. The molecule has 0 aromatic carbocycles. The molecule has 1 heterocycles. The normalized spacial score (nSPS) is 21.5. The Kier molecular flexibility index (Phi) is 3.08. The van der Waals surface area contributed by atoms with Crippen LogP contribution in [-0.4, -0.2) is 16.0 Å². The molecule has 1 fully saturated rings. The van der Waals surface area contributed by atoms with Gasteiger partial charge in [-0.05, 0) is 18.6 Å². The van der Waals surface area contributed by atoms with Crippen molar-refractivity contribution in [2.45, 2.75) is 29.5 Å². The van der Waals surface area contributed by atoms with Crippen molar-refractivity contribution < 1.29 is 4.79 Å². The highest BCUT2D eigenvalue weighted by Gasteiger charge is 2.23. The Balaban J connectivity index is 1.97. The van der Waals surface area contributed by atoms with E-state index < -0.39 is 0 Å². The number of hydrogen-bond donors (Lipinski definition) is 0. The van der Waals surface area contributed by atoms with Gasteiger partial charge in [0.2, 0.25) is 0 Å². The molecule has 1 saturated carbocycles. The van der Waals surface area contributed by atoms with E-state index in [0.29, 0.717) is 22.5 Å². The number of pyridine rings is 1. The highest BCUT2D eigenvalue weighted by Crippen LogP contribution is 2.32. The first-order chi connectivity index (χ1) is 6.74. The summed E-state index contributed by atoms with van der Waals surface area (Å²) in [6.45, 7) is 0. The minimum absolute atomic E-state index is 0.372. The van der Waals surface area contributed by atoms with Crippen molar-refractivity contribution in [1.82, 2.24) is 4.98 Å². The second-order valence-corrected chi connectivity index (χ2v) is 5.09. The van der Waals surface area contributed by atoms with Gasteiger partial charge in [0.25, 0.3) is 0 Å². The third kappa shape index (κ3) is 2.49. The number of carbonyl (C=O) groups is 1. The summed E-state index contributed by atoms with van der Waals surface area (Å²) >= 11 is 7.40. The van der Waals surface area contributed by atoms with Crippen LogP contribution in [0.25, 0.3) is 0 Å². The molecule has 2 rings (SSSR count). The van der Waals surface area contributed by atoms with Crippen LogP contribution in [-0.2, 0) is 4.79 Å². The standard InChI is InChI=1S/C10H10ClNOS/c11-7-1-4-10(12-6-7)14-9-3-2-8(13)5-9/h1,4,6,9H,2-3,5H2. The van der Waals surface area contributed by atoms with Gasteiger partial charge in [0.1, 0.15) is 5.78 Å². The summed E-state index contributed by atoms with van der Waals surface area (Å²) in [5, 5.41) is 2.02. The van der Waals surface area contributed by atoms with Crippen molar-refractivity contribution in [1.29, 1.82) is 0 Å². The molecule has 4 heteroatoms. The van der Waals surface area contributed by atoms with Crippen molar-refractivity contribution in [3.8, 4) is 0 Å². The van der Waals surface area contributed by atoms with Gasteiger partial charge in [-0.15, -0.1) is 11.8 Å². The maximum Gasteiger partial charge on any atom is 0.134 e. The zero-order valence-corrected chi connectivity index (χ0v) is 9.14. The number of rotatable bonds is 2. The van der Waals surface area contributed by atoms with Gasteiger partial charge in [0.15, 0.2) is 0 Å². The second-order valence-electron chi connectivity index (χ2n) is 3.34. The van der Waals surface area contributed by atoms with Crippen molar-refractivity contribution in [2.24, 2.45) is 0 Å². The molecule has 1 aliphatic carbocycles. The molecule has 1 atom stereocenters. The third-order valence-electron chi connectivity index (χ3n) is 2.19. The van der Waals surface area contributed by atoms with E-state index in [9.17, 15) is 4.79 Å². The Morgan fingerprint density at radius 1 is 1.50 bits per heavy atom. The molecule has 14 heavy (non-hydrogen) atoms. The van der Waals surface area contributed by atoms with Crippen molar-refractivity contribution in [3.63, 3.8) is 0 Å². The topological polar surface area (TPSA) is 30.0 Å². The first-order valence-electron chi connectivity index (χ1n) is 4.54. The molecule has 0 saturated heterocycles. The first kappa shape index (κ1) is 9.99. The van der Waals surface area contributed by atoms with E-state index in [4.69, 9.17) is 11.6 Å². The van der Waals surface area contributed by atoms with Crippen LogP contribution >= 0.6 is 23.4 Å². The van der Waals surface area contributed by atoms with Gasteiger partial charge in [0.05, 0.1) is 10.0 Å². The fraction of sp³-hybridized carbons (Fsp3) is 0.400. The van der Waals surface area contributed by atoms with Gasteiger partial charge in [-0.25, -0.2) is 4.98 Å². The van der Waals surface area contributed by atoms with Gasteiger partial charge >= 0.3 is 0 Å². The van der Waals surface area contributed by atoms with E-state index >= 15 is 0 Å². The Morgan fingerprint density at radius 2 is 2.36 bits per heavy atom. The molecule has 2 nitrogen and oxygen atoms in total. The van der Waals surface area contributed by atoms with E-state index in [1.807, 2.05) is 12.1 Å². The lowest BCUT2D eigenvalue weighted by Gasteiger charge is -2.05. The summed E-state index contributed by atoms with van der Waals surface area (Å²) in [4.78, 5) is 15.2.